The molecule has 5 rings (SSSR count). The fraction of sp³-hybridized carbons (Fsp3) is 0.154. The molecule has 0 saturated carbocycles. The van der Waals surface area contributed by atoms with Crippen molar-refractivity contribution in [1.82, 2.24) is 18.6 Å². The number of anilines is 2. The van der Waals surface area contributed by atoms with Gasteiger partial charge in [-0.3, -0.25) is 20.2 Å². The number of aromatic nitrogens is 2. The van der Waals surface area contributed by atoms with Crippen molar-refractivity contribution in [1.29, 1.82) is 0 Å². The Balaban J connectivity index is 1.27. The lowest BCUT2D eigenvalue weighted by molar-refractivity contribution is 0.101. The summed E-state index contributed by atoms with van der Waals surface area (Å²) in [7, 11) is -1.42. The molecule has 0 atom stereocenters. The summed E-state index contributed by atoms with van der Waals surface area (Å²) in [6.45, 7) is 0. The highest BCUT2D eigenvalue weighted by molar-refractivity contribution is 7.89. The minimum Gasteiger partial charge on any atom is -0.298 e. The number of nitrogens with one attached hydrogen (secondary N) is 2. The van der Waals surface area contributed by atoms with E-state index in [-0.39, 0.29) is 20.9 Å². The van der Waals surface area contributed by atoms with E-state index in [2.05, 4.69) is 20.6 Å². The van der Waals surface area contributed by atoms with Crippen LogP contribution in [0.1, 0.15) is 20.7 Å². The molecule has 2 aromatic heterocycles. The SMILES string of the molecule is CN(C)S(=O)(=O)c1ccc2nc(NC(=O)c3ccc(C(=O)Nc4nc5ccc(S(=O)(=O)N(C)C)cc5s4)cc3)sc2c1. The summed E-state index contributed by atoms with van der Waals surface area (Å²) in [5.41, 5.74) is 1.67. The van der Waals surface area contributed by atoms with Gasteiger partial charge in [-0.05, 0) is 60.7 Å². The van der Waals surface area contributed by atoms with Crippen molar-refractivity contribution in [3.63, 3.8) is 0 Å². The Hall–Kier alpha value is -3.80. The van der Waals surface area contributed by atoms with E-state index in [9.17, 15) is 26.4 Å². The number of benzene rings is 3. The van der Waals surface area contributed by atoms with Crippen molar-refractivity contribution in [3.8, 4) is 0 Å². The molecule has 0 bridgehead atoms. The molecular formula is C26H24N6O6S4. The van der Waals surface area contributed by atoms with Crippen LogP contribution in [0.5, 0.6) is 0 Å². The summed E-state index contributed by atoms with van der Waals surface area (Å²) < 4.78 is 53.1. The highest BCUT2D eigenvalue weighted by atomic mass is 32.2. The third kappa shape index (κ3) is 5.77. The predicted octanol–water partition coefficient (Wildman–Crippen LogP) is 3.91. The maximum absolute atomic E-state index is 12.8. The molecule has 12 nitrogen and oxygen atoms in total. The van der Waals surface area contributed by atoms with E-state index in [0.717, 1.165) is 31.3 Å². The van der Waals surface area contributed by atoms with Crippen molar-refractivity contribution in [2.24, 2.45) is 0 Å². The minimum absolute atomic E-state index is 0.128. The monoisotopic (exact) mass is 644 g/mol. The van der Waals surface area contributed by atoms with Crippen LogP contribution in [0.25, 0.3) is 20.4 Å². The Bertz CT molecular complexity index is 1920. The average molecular weight is 645 g/mol. The maximum atomic E-state index is 12.8. The molecule has 0 aliphatic carbocycles. The number of hydrogen-bond donors (Lipinski definition) is 2. The number of thiazole rings is 2. The zero-order valence-electron chi connectivity index (χ0n) is 22.6. The highest BCUT2D eigenvalue weighted by Crippen LogP contribution is 2.30. The molecule has 5 aromatic rings. The first-order valence-electron chi connectivity index (χ1n) is 12.1. The first-order chi connectivity index (χ1) is 19.8. The van der Waals surface area contributed by atoms with Crippen LogP contribution in [0.2, 0.25) is 0 Å². The van der Waals surface area contributed by atoms with Crippen LogP contribution in [0.3, 0.4) is 0 Å². The molecule has 16 heteroatoms. The summed E-state index contributed by atoms with van der Waals surface area (Å²) in [5.74, 6) is -0.895. The molecule has 0 radical (unpaired) electrons. The van der Waals surface area contributed by atoms with Crippen LogP contribution in [0.15, 0.2) is 70.5 Å². The number of carbonyl (C=O) groups is 2. The second kappa shape index (κ2) is 11.1. The van der Waals surface area contributed by atoms with Gasteiger partial charge >= 0.3 is 0 Å². The van der Waals surface area contributed by atoms with Crippen molar-refractivity contribution < 1.29 is 26.4 Å². The summed E-state index contributed by atoms with van der Waals surface area (Å²) in [6.07, 6.45) is 0. The first-order valence-corrected chi connectivity index (χ1v) is 16.7. The van der Waals surface area contributed by atoms with Crippen LogP contribution in [-0.2, 0) is 20.0 Å². The van der Waals surface area contributed by atoms with Crippen LogP contribution in [-0.4, -0.2) is 75.4 Å². The van der Waals surface area contributed by atoms with Gasteiger partial charge in [0.2, 0.25) is 20.0 Å². The molecule has 2 heterocycles. The number of amides is 2. The Kier molecular flexibility index (Phi) is 7.86. The van der Waals surface area contributed by atoms with Gasteiger partial charge in [-0.1, -0.05) is 22.7 Å². The van der Waals surface area contributed by atoms with Crippen LogP contribution < -0.4 is 10.6 Å². The van der Waals surface area contributed by atoms with Crippen molar-refractivity contribution in [2.75, 3.05) is 38.8 Å². The van der Waals surface area contributed by atoms with Gasteiger partial charge in [-0.25, -0.2) is 35.4 Å². The molecule has 0 aliphatic rings. The second-order valence-corrected chi connectivity index (χ2v) is 15.7. The highest BCUT2D eigenvalue weighted by Gasteiger charge is 2.20. The van der Waals surface area contributed by atoms with E-state index >= 15 is 0 Å². The van der Waals surface area contributed by atoms with E-state index in [1.54, 1.807) is 12.1 Å². The molecule has 2 amide bonds. The number of sulfonamides is 2. The van der Waals surface area contributed by atoms with Crippen molar-refractivity contribution in [2.45, 2.75) is 9.79 Å². The Morgan fingerprint density at radius 2 is 0.976 bits per heavy atom. The fourth-order valence-corrected chi connectivity index (χ4v) is 7.58. The van der Waals surface area contributed by atoms with Crippen LogP contribution >= 0.6 is 22.7 Å². The molecule has 42 heavy (non-hydrogen) atoms. The number of nitrogens with zero attached hydrogens (tertiary/aromatic N) is 4. The van der Waals surface area contributed by atoms with Gasteiger partial charge in [-0.15, -0.1) is 0 Å². The van der Waals surface area contributed by atoms with Gasteiger partial charge in [0.25, 0.3) is 11.8 Å². The number of fused-ring (bicyclic) bond motifs is 2. The Morgan fingerprint density at radius 3 is 1.31 bits per heavy atom. The minimum atomic E-state index is -3.61. The van der Waals surface area contributed by atoms with Crippen LogP contribution in [0.4, 0.5) is 10.3 Å². The molecule has 0 spiro atoms. The summed E-state index contributed by atoms with van der Waals surface area (Å²) in [5, 5.41) is 6.02. The van der Waals surface area contributed by atoms with E-state index in [4.69, 9.17) is 0 Å². The normalized spacial score (nSPS) is 12.3. The maximum Gasteiger partial charge on any atom is 0.257 e. The quantitative estimate of drug-likeness (QED) is 0.257. The molecule has 218 valence electrons. The van der Waals surface area contributed by atoms with Gasteiger partial charge in [0.1, 0.15) is 0 Å². The smallest absolute Gasteiger partial charge is 0.257 e. The van der Waals surface area contributed by atoms with Gasteiger partial charge in [-0.2, -0.15) is 0 Å². The largest absolute Gasteiger partial charge is 0.298 e. The van der Waals surface area contributed by atoms with Crippen molar-refractivity contribution >= 4 is 85.2 Å². The molecule has 0 aliphatic heterocycles. The van der Waals surface area contributed by atoms with E-state index < -0.39 is 31.9 Å². The lowest BCUT2D eigenvalue weighted by Crippen LogP contribution is -2.22. The molecule has 2 N–H and O–H groups in total. The Labute approximate surface area is 249 Å². The zero-order chi connectivity index (χ0) is 30.4. The molecular weight excluding hydrogens is 621 g/mol. The molecule has 0 saturated heterocycles. The van der Waals surface area contributed by atoms with E-state index in [1.807, 2.05) is 0 Å². The number of carbonyl (C=O) groups excluding carboxylic acids is 2. The molecule has 3 aromatic carbocycles. The third-order valence-corrected chi connectivity index (χ3v) is 11.6. The third-order valence-electron chi connectivity index (χ3n) is 6.13. The molecule has 0 unspecified atom stereocenters. The lowest BCUT2D eigenvalue weighted by Gasteiger charge is -2.10. The molecule has 0 fully saturated rings. The number of rotatable bonds is 8. The summed E-state index contributed by atoms with van der Waals surface area (Å²) in [6, 6.07) is 15.1. The van der Waals surface area contributed by atoms with Crippen LogP contribution in [0, 0.1) is 0 Å². The van der Waals surface area contributed by atoms with E-state index in [0.29, 0.717) is 30.7 Å². The van der Waals surface area contributed by atoms with Gasteiger partial charge in [0, 0.05) is 39.3 Å². The second-order valence-electron chi connectivity index (χ2n) is 9.36. The predicted molar refractivity (Wildman–Crippen MR) is 163 cm³/mol. The standard InChI is InChI=1S/C26H24N6O6S4/c1-31(2)41(35,36)17-9-11-19-21(13-17)39-25(27-19)29-23(33)15-5-7-16(8-6-15)24(34)30-26-28-20-12-10-18(14-22(20)40-26)42(37,38)32(3)4/h5-14H,1-4H3,(H,27,29,33)(H,28,30,34). The van der Waals surface area contributed by atoms with Gasteiger partial charge < -0.3 is 0 Å². The number of hydrogen-bond acceptors (Lipinski definition) is 10. The van der Waals surface area contributed by atoms with E-state index in [1.165, 1.54) is 76.7 Å². The van der Waals surface area contributed by atoms with Gasteiger partial charge in [0.15, 0.2) is 10.3 Å². The fourth-order valence-electron chi connectivity index (χ4n) is 3.77. The van der Waals surface area contributed by atoms with Gasteiger partial charge in [0.05, 0.1) is 30.2 Å². The Morgan fingerprint density at radius 1 is 0.619 bits per heavy atom. The first kappa shape index (κ1) is 29.7. The average Bonchev–Trinajstić information content (AvgIpc) is 3.54. The summed E-state index contributed by atoms with van der Waals surface area (Å²) >= 11 is 2.29. The lowest BCUT2D eigenvalue weighted by atomic mass is 10.1. The zero-order valence-corrected chi connectivity index (χ0v) is 25.9. The topological polar surface area (TPSA) is 159 Å². The van der Waals surface area contributed by atoms with Crippen molar-refractivity contribution in [3.05, 3.63) is 71.8 Å². The summed E-state index contributed by atoms with van der Waals surface area (Å²) in [4.78, 5) is 34.6.